The quantitative estimate of drug-likeness (QED) is 0.229. The number of methoxy groups -OCH3 is 1. The Balaban J connectivity index is 0.00000288. The molecular weight excluding hydrogens is 419 g/mol. The van der Waals surface area contributed by atoms with Gasteiger partial charge in [-0.3, -0.25) is 14.6 Å². The number of rotatable bonds is 11. The molecule has 0 spiro atoms. The Morgan fingerprint density at radius 2 is 2.12 bits per heavy atom. The Morgan fingerprint density at radius 1 is 1.33 bits per heavy atom. The van der Waals surface area contributed by atoms with Crippen LogP contribution in [0.3, 0.4) is 0 Å². The van der Waals surface area contributed by atoms with Crippen molar-refractivity contribution < 1.29 is 4.74 Å². The van der Waals surface area contributed by atoms with Gasteiger partial charge in [0.15, 0.2) is 5.96 Å². The Bertz CT molecular complexity index is 449. The second-order valence-corrected chi connectivity index (χ2v) is 5.81. The summed E-state index contributed by atoms with van der Waals surface area (Å²) < 4.78 is 7.14. The fourth-order valence-corrected chi connectivity index (χ4v) is 2.54. The number of guanidine groups is 1. The molecule has 0 radical (unpaired) electrons. The second-order valence-electron chi connectivity index (χ2n) is 5.81. The normalized spacial score (nSPS) is 14.5. The van der Waals surface area contributed by atoms with Crippen LogP contribution in [0, 0.1) is 0 Å². The average molecular weight is 450 g/mol. The predicted octanol–water partition coefficient (Wildman–Crippen LogP) is 1.17. The molecule has 24 heavy (non-hydrogen) atoms. The molecule has 0 aliphatic heterocycles. The largest absolute Gasteiger partial charge is 0.383 e. The van der Waals surface area contributed by atoms with Crippen LogP contribution in [0.2, 0.25) is 0 Å². The molecule has 0 saturated heterocycles. The summed E-state index contributed by atoms with van der Waals surface area (Å²) in [6.45, 7) is 5.55. The van der Waals surface area contributed by atoms with Crippen LogP contribution in [0.25, 0.3) is 0 Å². The Hall–Kier alpha value is -0.870. The van der Waals surface area contributed by atoms with Crippen LogP contribution in [0.15, 0.2) is 23.5 Å². The molecule has 0 amide bonds. The highest BCUT2D eigenvalue weighted by Crippen LogP contribution is 2.25. The molecule has 7 nitrogen and oxygen atoms in total. The van der Waals surface area contributed by atoms with Gasteiger partial charge in [0, 0.05) is 65.3 Å². The van der Waals surface area contributed by atoms with E-state index in [1.807, 2.05) is 30.2 Å². The monoisotopic (exact) mass is 450 g/mol. The topological polar surface area (TPSA) is 66.7 Å². The zero-order valence-corrected chi connectivity index (χ0v) is 17.1. The van der Waals surface area contributed by atoms with Crippen LogP contribution in [0.4, 0.5) is 0 Å². The average Bonchev–Trinajstić information content (AvgIpc) is 3.28. The number of nitrogens with one attached hydrogen (secondary N) is 2. The summed E-state index contributed by atoms with van der Waals surface area (Å²) >= 11 is 0. The minimum Gasteiger partial charge on any atom is -0.383 e. The third kappa shape index (κ3) is 8.29. The van der Waals surface area contributed by atoms with Gasteiger partial charge < -0.3 is 15.4 Å². The summed E-state index contributed by atoms with van der Waals surface area (Å²) in [7, 11) is 3.57. The maximum atomic E-state index is 5.19. The molecule has 0 aromatic carbocycles. The number of aryl methyl sites for hydroxylation is 1. The van der Waals surface area contributed by atoms with Crippen LogP contribution < -0.4 is 10.6 Å². The van der Waals surface area contributed by atoms with E-state index in [1.165, 1.54) is 12.8 Å². The van der Waals surface area contributed by atoms with Gasteiger partial charge in [-0.2, -0.15) is 5.10 Å². The highest BCUT2D eigenvalue weighted by molar-refractivity contribution is 14.0. The van der Waals surface area contributed by atoms with Gasteiger partial charge in [-0.05, 0) is 25.3 Å². The lowest BCUT2D eigenvalue weighted by atomic mass is 10.4. The van der Waals surface area contributed by atoms with Crippen LogP contribution in [-0.2, 0) is 11.3 Å². The number of hydrogen-bond donors (Lipinski definition) is 2. The number of nitrogens with zero attached hydrogens (tertiary/aromatic N) is 4. The lowest BCUT2D eigenvalue weighted by Gasteiger charge is -2.22. The highest BCUT2D eigenvalue weighted by Gasteiger charge is 2.28. The maximum Gasteiger partial charge on any atom is 0.191 e. The molecule has 1 fully saturated rings. The lowest BCUT2D eigenvalue weighted by Crippen LogP contribution is -2.43. The number of ether oxygens (including phenoxy) is 1. The Labute approximate surface area is 162 Å². The van der Waals surface area contributed by atoms with E-state index >= 15 is 0 Å². The van der Waals surface area contributed by atoms with Gasteiger partial charge in [0.2, 0.25) is 0 Å². The van der Waals surface area contributed by atoms with Crippen molar-refractivity contribution in [3.05, 3.63) is 18.5 Å². The van der Waals surface area contributed by atoms with Crippen LogP contribution in [-0.4, -0.2) is 73.6 Å². The van der Waals surface area contributed by atoms with Crippen LogP contribution in [0.1, 0.15) is 19.3 Å². The van der Waals surface area contributed by atoms with E-state index in [0.29, 0.717) is 0 Å². The fraction of sp³-hybridized carbons (Fsp3) is 0.750. The van der Waals surface area contributed by atoms with E-state index in [0.717, 1.165) is 57.8 Å². The summed E-state index contributed by atoms with van der Waals surface area (Å²) in [5.41, 5.74) is 0. The van der Waals surface area contributed by atoms with Gasteiger partial charge in [0.1, 0.15) is 0 Å². The summed E-state index contributed by atoms with van der Waals surface area (Å²) in [6, 6.07) is 2.71. The van der Waals surface area contributed by atoms with E-state index in [4.69, 9.17) is 4.74 Å². The Kier molecular flexibility index (Phi) is 11.0. The molecule has 138 valence electrons. The number of halogens is 1. The first-order chi connectivity index (χ1) is 11.3. The third-order valence-corrected chi connectivity index (χ3v) is 3.98. The SMILES string of the molecule is CN=C(NCCCn1cccn1)NCCN(CCOC)C1CC1.I. The van der Waals surface area contributed by atoms with Crippen molar-refractivity contribution in [2.75, 3.05) is 46.9 Å². The van der Waals surface area contributed by atoms with E-state index in [9.17, 15) is 0 Å². The van der Waals surface area contributed by atoms with Crippen LogP contribution >= 0.6 is 24.0 Å². The summed E-state index contributed by atoms with van der Waals surface area (Å²) in [6.07, 6.45) is 7.46. The Morgan fingerprint density at radius 3 is 2.75 bits per heavy atom. The second kappa shape index (κ2) is 12.5. The molecular formula is C16H31IN6O. The maximum absolute atomic E-state index is 5.19. The summed E-state index contributed by atoms with van der Waals surface area (Å²) in [5, 5.41) is 10.9. The molecule has 0 bridgehead atoms. The molecule has 1 aromatic heterocycles. The van der Waals surface area contributed by atoms with E-state index in [-0.39, 0.29) is 24.0 Å². The predicted molar refractivity (Wildman–Crippen MR) is 108 cm³/mol. The van der Waals surface area contributed by atoms with Crippen molar-refractivity contribution in [1.29, 1.82) is 0 Å². The number of aliphatic imine (C=N–C) groups is 1. The van der Waals surface area contributed by atoms with Gasteiger partial charge >= 0.3 is 0 Å². The molecule has 1 heterocycles. The molecule has 1 aliphatic carbocycles. The van der Waals surface area contributed by atoms with Crippen molar-refractivity contribution in [2.45, 2.75) is 31.8 Å². The van der Waals surface area contributed by atoms with Crippen molar-refractivity contribution in [3.63, 3.8) is 0 Å². The minimum atomic E-state index is 0. The molecule has 1 aliphatic rings. The molecule has 8 heteroatoms. The standard InChI is InChI=1S/C16H30N6O.HI/c1-17-16(18-7-3-10-22-11-4-8-20-22)19-9-12-21(13-14-23-2)15-5-6-15;/h4,8,11,15H,3,5-7,9-10,12-14H2,1-2H3,(H2,17,18,19);1H. The van der Waals surface area contributed by atoms with Crippen molar-refractivity contribution in [3.8, 4) is 0 Å². The van der Waals surface area contributed by atoms with Gasteiger partial charge in [-0.15, -0.1) is 24.0 Å². The van der Waals surface area contributed by atoms with Crippen molar-refractivity contribution in [1.82, 2.24) is 25.3 Å². The van der Waals surface area contributed by atoms with E-state index in [1.54, 1.807) is 7.11 Å². The smallest absolute Gasteiger partial charge is 0.191 e. The lowest BCUT2D eigenvalue weighted by molar-refractivity contribution is 0.144. The minimum absolute atomic E-state index is 0. The van der Waals surface area contributed by atoms with Gasteiger partial charge in [-0.1, -0.05) is 0 Å². The first kappa shape index (κ1) is 21.2. The molecule has 1 saturated carbocycles. The number of aromatic nitrogens is 2. The third-order valence-electron chi connectivity index (χ3n) is 3.98. The van der Waals surface area contributed by atoms with Crippen molar-refractivity contribution in [2.24, 2.45) is 4.99 Å². The van der Waals surface area contributed by atoms with E-state index in [2.05, 4.69) is 25.6 Å². The summed E-state index contributed by atoms with van der Waals surface area (Å²) in [4.78, 5) is 6.77. The van der Waals surface area contributed by atoms with Crippen molar-refractivity contribution >= 4 is 29.9 Å². The van der Waals surface area contributed by atoms with Gasteiger partial charge in [-0.25, -0.2) is 0 Å². The first-order valence-corrected chi connectivity index (χ1v) is 8.48. The van der Waals surface area contributed by atoms with Crippen LogP contribution in [0.5, 0.6) is 0 Å². The van der Waals surface area contributed by atoms with Gasteiger partial charge in [0.05, 0.1) is 6.61 Å². The van der Waals surface area contributed by atoms with E-state index < -0.39 is 0 Å². The molecule has 2 N–H and O–H groups in total. The number of hydrogen-bond acceptors (Lipinski definition) is 4. The molecule has 0 atom stereocenters. The molecule has 1 aromatic rings. The highest BCUT2D eigenvalue weighted by atomic mass is 127. The molecule has 2 rings (SSSR count). The molecule has 0 unspecified atom stereocenters. The zero-order chi connectivity index (χ0) is 16.3. The fourth-order valence-electron chi connectivity index (χ4n) is 2.54. The first-order valence-electron chi connectivity index (χ1n) is 8.48. The summed E-state index contributed by atoms with van der Waals surface area (Å²) in [5.74, 6) is 0.868. The zero-order valence-electron chi connectivity index (χ0n) is 14.8. The van der Waals surface area contributed by atoms with Gasteiger partial charge in [0.25, 0.3) is 0 Å².